The summed E-state index contributed by atoms with van der Waals surface area (Å²) in [5.74, 6) is -0.0356. The number of nitrogens with zero attached hydrogens (tertiary/aromatic N) is 3. The van der Waals surface area contributed by atoms with Gasteiger partial charge in [-0.3, -0.25) is 0 Å². The highest BCUT2D eigenvalue weighted by molar-refractivity contribution is 5.84. The van der Waals surface area contributed by atoms with E-state index >= 15 is 0 Å². The van der Waals surface area contributed by atoms with E-state index in [1.54, 1.807) is 25.1 Å². The summed E-state index contributed by atoms with van der Waals surface area (Å²) < 4.78 is 19.1. The first-order valence-corrected chi connectivity index (χ1v) is 5.61. The summed E-state index contributed by atoms with van der Waals surface area (Å²) >= 11 is 0. The van der Waals surface area contributed by atoms with Crippen LogP contribution in [0.5, 0.6) is 0 Å². The first-order valence-electron chi connectivity index (χ1n) is 5.61. The van der Waals surface area contributed by atoms with E-state index in [1.807, 2.05) is 6.07 Å². The minimum atomic E-state index is -0.434. The third kappa shape index (κ3) is 1.74. The van der Waals surface area contributed by atoms with E-state index in [0.29, 0.717) is 22.4 Å². The molecule has 3 aromatic rings. The van der Waals surface area contributed by atoms with Crippen molar-refractivity contribution in [1.29, 1.82) is 5.26 Å². The molecule has 4 nitrogen and oxygen atoms in total. The van der Waals surface area contributed by atoms with Gasteiger partial charge in [-0.1, -0.05) is 12.1 Å². The highest BCUT2D eigenvalue weighted by Gasteiger charge is 2.16. The van der Waals surface area contributed by atoms with Crippen molar-refractivity contribution < 1.29 is 8.81 Å². The topological polar surface area (TPSA) is 62.7 Å². The van der Waals surface area contributed by atoms with Gasteiger partial charge >= 0.3 is 0 Å². The number of hydrogen-bond donors (Lipinski definition) is 0. The second-order valence-corrected chi connectivity index (χ2v) is 4.06. The lowest BCUT2D eigenvalue weighted by Gasteiger charge is -2.01. The van der Waals surface area contributed by atoms with Crippen LogP contribution in [0.4, 0.5) is 4.39 Å². The number of halogens is 1. The van der Waals surface area contributed by atoms with Gasteiger partial charge in [0.15, 0.2) is 17.1 Å². The molecule has 0 saturated heterocycles. The number of aryl methyl sites for hydroxylation is 1. The van der Waals surface area contributed by atoms with Crippen molar-refractivity contribution in [1.82, 2.24) is 9.97 Å². The van der Waals surface area contributed by atoms with Crippen molar-refractivity contribution in [3.05, 3.63) is 47.8 Å². The van der Waals surface area contributed by atoms with E-state index < -0.39 is 5.82 Å². The Morgan fingerprint density at radius 3 is 2.89 bits per heavy atom. The van der Waals surface area contributed by atoms with E-state index in [4.69, 9.17) is 9.68 Å². The van der Waals surface area contributed by atoms with Crippen molar-refractivity contribution >= 4 is 11.0 Å². The molecule has 92 valence electrons. The fraction of sp³-hybridized carbons (Fsp3) is 0.0714. The number of hydrogen-bond acceptors (Lipinski definition) is 4. The molecule has 0 bridgehead atoms. The van der Waals surface area contributed by atoms with Crippen molar-refractivity contribution in [3.63, 3.8) is 0 Å². The molecule has 0 N–H and O–H groups in total. The van der Waals surface area contributed by atoms with Crippen LogP contribution < -0.4 is 0 Å². The van der Waals surface area contributed by atoms with Crippen LogP contribution in [0.2, 0.25) is 0 Å². The molecule has 0 aliphatic rings. The maximum atomic E-state index is 13.6. The molecular formula is C14H8FN3O. The summed E-state index contributed by atoms with van der Waals surface area (Å²) in [7, 11) is 0. The second kappa shape index (κ2) is 4.18. The molecule has 19 heavy (non-hydrogen) atoms. The third-order valence-corrected chi connectivity index (χ3v) is 2.89. The Morgan fingerprint density at radius 2 is 2.16 bits per heavy atom. The Morgan fingerprint density at radius 1 is 1.32 bits per heavy atom. The van der Waals surface area contributed by atoms with Crippen LogP contribution in [-0.2, 0) is 0 Å². The van der Waals surface area contributed by atoms with Crippen molar-refractivity contribution in [2.75, 3.05) is 0 Å². The van der Waals surface area contributed by atoms with Crippen molar-refractivity contribution in [3.8, 4) is 17.4 Å². The molecule has 0 saturated carbocycles. The predicted molar refractivity (Wildman–Crippen MR) is 66.7 cm³/mol. The average Bonchev–Trinajstić information content (AvgIpc) is 2.83. The molecule has 0 spiro atoms. The first kappa shape index (κ1) is 11.4. The highest BCUT2D eigenvalue weighted by Crippen LogP contribution is 2.31. The van der Waals surface area contributed by atoms with Gasteiger partial charge in [-0.15, -0.1) is 0 Å². The molecule has 0 aliphatic heterocycles. The molecule has 0 radical (unpaired) electrons. The molecule has 2 aromatic heterocycles. The van der Waals surface area contributed by atoms with E-state index in [9.17, 15) is 4.39 Å². The molecule has 5 heteroatoms. The van der Waals surface area contributed by atoms with Gasteiger partial charge in [-0.25, -0.2) is 14.4 Å². The van der Waals surface area contributed by atoms with Gasteiger partial charge in [0.25, 0.3) is 0 Å². The Kier molecular flexibility index (Phi) is 2.50. The number of para-hydroxylation sites is 1. The molecule has 3 rings (SSSR count). The first-order chi connectivity index (χ1) is 9.20. The smallest absolute Gasteiger partial charge is 0.170 e. The van der Waals surface area contributed by atoms with Gasteiger partial charge in [0.2, 0.25) is 0 Å². The molecule has 0 amide bonds. The standard InChI is InChI=1S/C14H8FN3O/c1-8-13(11(6-16)18-7-17-8)12-5-9-3-2-4-10(15)14(9)19-12/h2-5,7H,1H3. The fourth-order valence-corrected chi connectivity index (χ4v) is 2.00. The van der Waals surface area contributed by atoms with Crippen LogP contribution in [0.1, 0.15) is 11.4 Å². The van der Waals surface area contributed by atoms with E-state index in [0.717, 1.165) is 0 Å². The molecular weight excluding hydrogens is 245 g/mol. The molecule has 2 heterocycles. The van der Waals surface area contributed by atoms with Gasteiger partial charge in [-0.05, 0) is 19.1 Å². The van der Waals surface area contributed by atoms with Crippen molar-refractivity contribution in [2.45, 2.75) is 6.92 Å². The number of aromatic nitrogens is 2. The largest absolute Gasteiger partial charge is 0.453 e. The Bertz CT molecular complexity index is 817. The van der Waals surface area contributed by atoms with Crippen LogP contribution in [0.25, 0.3) is 22.3 Å². The van der Waals surface area contributed by atoms with Crippen LogP contribution >= 0.6 is 0 Å². The lowest BCUT2D eigenvalue weighted by Crippen LogP contribution is -1.94. The van der Waals surface area contributed by atoms with Crippen LogP contribution in [-0.4, -0.2) is 9.97 Å². The number of rotatable bonds is 1. The second-order valence-electron chi connectivity index (χ2n) is 4.06. The molecule has 1 aromatic carbocycles. The minimum absolute atomic E-state index is 0.171. The van der Waals surface area contributed by atoms with E-state index in [-0.39, 0.29) is 11.3 Å². The average molecular weight is 253 g/mol. The van der Waals surface area contributed by atoms with E-state index in [2.05, 4.69) is 9.97 Å². The Hall–Kier alpha value is -2.74. The molecule has 0 unspecified atom stereocenters. The lowest BCUT2D eigenvalue weighted by molar-refractivity contribution is 0.568. The van der Waals surface area contributed by atoms with Gasteiger partial charge < -0.3 is 4.42 Å². The minimum Gasteiger partial charge on any atom is -0.453 e. The van der Waals surface area contributed by atoms with Crippen LogP contribution in [0.15, 0.2) is 35.0 Å². The maximum absolute atomic E-state index is 13.6. The van der Waals surface area contributed by atoms with E-state index in [1.165, 1.54) is 12.4 Å². The summed E-state index contributed by atoms with van der Waals surface area (Å²) in [6.07, 6.45) is 1.32. The number of fused-ring (bicyclic) bond motifs is 1. The Labute approximate surface area is 108 Å². The molecule has 0 atom stereocenters. The fourth-order valence-electron chi connectivity index (χ4n) is 2.00. The van der Waals surface area contributed by atoms with Gasteiger partial charge in [-0.2, -0.15) is 5.26 Å². The number of furan rings is 1. The lowest BCUT2D eigenvalue weighted by atomic mass is 10.1. The monoisotopic (exact) mass is 253 g/mol. The molecule has 0 fully saturated rings. The SMILES string of the molecule is Cc1ncnc(C#N)c1-c1cc2cccc(F)c2o1. The summed E-state index contributed by atoms with van der Waals surface area (Å²) in [6.45, 7) is 1.75. The number of nitriles is 1. The van der Waals surface area contributed by atoms with Gasteiger partial charge in [0.05, 0.1) is 11.3 Å². The van der Waals surface area contributed by atoms with Gasteiger partial charge in [0.1, 0.15) is 18.2 Å². The van der Waals surface area contributed by atoms with Gasteiger partial charge in [0, 0.05) is 5.39 Å². The van der Waals surface area contributed by atoms with Crippen LogP contribution in [0.3, 0.4) is 0 Å². The summed E-state index contributed by atoms with van der Waals surface area (Å²) in [4.78, 5) is 7.94. The predicted octanol–water partition coefficient (Wildman–Crippen LogP) is 3.21. The molecule has 0 aliphatic carbocycles. The highest BCUT2D eigenvalue weighted by atomic mass is 19.1. The Balaban J connectivity index is 2.32. The summed E-state index contributed by atoms with van der Waals surface area (Å²) in [6, 6.07) is 8.36. The number of benzene rings is 1. The summed E-state index contributed by atoms with van der Waals surface area (Å²) in [5.41, 5.74) is 1.50. The normalized spacial score (nSPS) is 10.6. The summed E-state index contributed by atoms with van der Waals surface area (Å²) in [5, 5.41) is 9.72. The van der Waals surface area contributed by atoms with Crippen molar-refractivity contribution in [2.24, 2.45) is 0 Å². The quantitative estimate of drug-likeness (QED) is 0.668. The zero-order valence-electron chi connectivity index (χ0n) is 10.0. The third-order valence-electron chi connectivity index (χ3n) is 2.89. The zero-order valence-corrected chi connectivity index (χ0v) is 10.0. The maximum Gasteiger partial charge on any atom is 0.170 e. The zero-order chi connectivity index (χ0) is 13.4. The van der Waals surface area contributed by atoms with Crippen LogP contribution in [0, 0.1) is 24.1 Å².